The minimum atomic E-state index is -0.444. The predicted octanol–water partition coefficient (Wildman–Crippen LogP) is 4.86. The third-order valence-corrected chi connectivity index (χ3v) is 5.55. The van der Waals surface area contributed by atoms with Crippen molar-refractivity contribution < 1.29 is 9.53 Å². The first kappa shape index (κ1) is 19.9. The lowest BCUT2D eigenvalue weighted by molar-refractivity contribution is 0.0140. The molecule has 0 unspecified atom stereocenters. The van der Waals surface area contributed by atoms with Gasteiger partial charge in [-0.1, -0.05) is 48.4 Å². The molecular weight excluding hydrogens is 336 g/mol. The molecule has 3 atom stereocenters. The quantitative estimate of drug-likeness (QED) is 0.805. The van der Waals surface area contributed by atoms with Crippen LogP contribution in [0.1, 0.15) is 58.9 Å². The van der Waals surface area contributed by atoms with E-state index in [0.29, 0.717) is 12.0 Å². The van der Waals surface area contributed by atoms with E-state index in [-0.39, 0.29) is 12.1 Å². The number of likely N-dealkylation sites (tertiary alicyclic amines) is 1. The Hall–Kier alpha value is -1.81. The standard InChI is InChI=1S/C23H34N2O2/c1-17(13-18-9-6-5-7-10-18)15-24-16-20-14-19-11-8-12-21(19)25(20)22(26)27-23(2,3)4/h5-7,9-10,13,19-21,24H,8,11-12,14-16H2,1-4H3/b17-13+/t19-,20-,21-/m0/s1. The highest BCUT2D eigenvalue weighted by Gasteiger charge is 2.46. The number of nitrogens with one attached hydrogen (secondary N) is 1. The maximum Gasteiger partial charge on any atom is 0.410 e. The van der Waals surface area contributed by atoms with Gasteiger partial charge in [-0.05, 0) is 58.4 Å². The second-order valence-electron chi connectivity index (χ2n) is 9.07. The first-order chi connectivity index (χ1) is 12.8. The average molecular weight is 371 g/mol. The molecule has 27 heavy (non-hydrogen) atoms. The van der Waals surface area contributed by atoms with Crippen molar-refractivity contribution in [2.24, 2.45) is 5.92 Å². The van der Waals surface area contributed by atoms with Gasteiger partial charge in [0, 0.05) is 25.2 Å². The third kappa shape index (κ3) is 5.35. The number of fused-ring (bicyclic) bond motifs is 1. The zero-order chi connectivity index (χ0) is 19.4. The molecule has 1 aliphatic heterocycles. The predicted molar refractivity (Wildman–Crippen MR) is 111 cm³/mol. The van der Waals surface area contributed by atoms with Crippen molar-refractivity contribution in [2.45, 2.75) is 71.1 Å². The summed E-state index contributed by atoms with van der Waals surface area (Å²) in [4.78, 5) is 14.9. The number of nitrogens with zero attached hydrogens (tertiary/aromatic N) is 1. The van der Waals surface area contributed by atoms with Gasteiger partial charge in [-0.25, -0.2) is 4.79 Å². The van der Waals surface area contributed by atoms with E-state index < -0.39 is 5.60 Å². The van der Waals surface area contributed by atoms with Crippen molar-refractivity contribution in [1.29, 1.82) is 0 Å². The topological polar surface area (TPSA) is 41.6 Å². The van der Waals surface area contributed by atoms with E-state index in [4.69, 9.17) is 4.74 Å². The second-order valence-corrected chi connectivity index (χ2v) is 9.07. The third-order valence-electron chi connectivity index (χ3n) is 5.55. The Morgan fingerprint density at radius 1 is 1.26 bits per heavy atom. The Balaban J connectivity index is 1.57. The fourth-order valence-corrected chi connectivity index (χ4v) is 4.49. The number of ether oxygens (including phenoxy) is 1. The minimum Gasteiger partial charge on any atom is -0.444 e. The van der Waals surface area contributed by atoms with E-state index in [1.54, 1.807) is 0 Å². The Kier molecular flexibility index (Phi) is 6.25. The summed E-state index contributed by atoms with van der Waals surface area (Å²) in [6.07, 6.45) is 6.76. The molecule has 2 aliphatic rings. The molecule has 1 N–H and O–H groups in total. The summed E-state index contributed by atoms with van der Waals surface area (Å²) < 4.78 is 5.71. The molecule has 3 rings (SSSR count). The number of hydrogen-bond acceptors (Lipinski definition) is 3. The Morgan fingerprint density at radius 3 is 2.70 bits per heavy atom. The molecular formula is C23H34N2O2. The summed E-state index contributed by atoms with van der Waals surface area (Å²) in [5, 5.41) is 3.57. The number of carbonyl (C=O) groups excluding carboxylic acids is 1. The van der Waals surface area contributed by atoms with E-state index in [9.17, 15) is 4.79 Å². The maximum atomic E-state index is 12.8. The molecule has 0 radical (unpaired) electrons. The molecule has 148 valence electrons. The Bertz CT molecular complexity index is 663. The van der Waals surface area contributed by atoms with Crippen LogP contribution in [0.15, 0.2) is 35.9 Å². The lowest BCUT2D eigenvalue weighted by Crippen LogP contribution is -2.47. The highest BCUT2D eigenvalue weighted by Crippen LogP contribution is 2.41. The van der Waals surface area contributed by atoms with Crippen molar-refractivity contribution in [3.8, 4) is 0 Å². The van der Waals surface area contributed by atoms with Crippen LogP contribution in [-0.2, 0) is 4.74 Å². The summed E-state index contributed by atoms with van der Waals surface area (Å²) in [5.74, 6) is 0.644. The summed E-state index contributed by atoms with van der Waals surface area (Å²) in [6, 6.07) is 11.0. The molecule has 0 bridgehead atoms. The average Bonchev–Trinajstić information content (AvgIpc) is 3.14. The summed E-state index contributed by atoms with van der Waals surface area (Å²) >= 11 is 0. The SMILES string of the molecule is C/C(=C\c1ccccc1)CNC[C@@H]1C[C@@H]2CCC[C@@H]2N1C(=O)OC(C)(C)C. The zero-order valence-corrected chi connectivity index (χ0v) is 17.2. The van der Waals surface area contributed by atoms with Gasteiger partial charge in [0.25, 0.3) is 0 Å². The smallest absolute Gasteiger partial charge is 0.410 e. The van der Waals surface area contributed by atoms with Gasteiger partial charge in [0.05, 0.1) is 0 Å². The van der Waals surface area contributed by atoms with Gasteiger partial charge < -0.3 is 15.0 Å². The highest BCUT2D eigenvalue weighted by atomic mass is 16.6. The van der Waals surface area contributed by atoms with Crippen LogP contribution in [0.25, 0.3) is 6.08 Å². The Labute approximate surface area is 164 Å². The van der Waals surface area contributed by atoms with Gasteiger partial charge in [0.15, 0.2) is 0 Å². The lowest BCUT2D eigenvalue weighted by atomic mass is 10.0. The van der Waals surface area contributed by atoms with Gasteiger partial charge in [0.1, 0.15) is 5.60 Å². The van der Waals surface area contributed by atoms with Gasteiger partial charge in [0.2, 0.25) is 0 Å². The zero-order valence-electron chi connectivity index (χ0n) is 17.2. The lowest BCUT2D eigenvalue weighted by Gasteiger charge is -2.32. The van der Waals surface area contributed by atoms with Crippen molar-refractivity contribution in [2.75, 3.05) is 13.1 Å². The maximum absolute atomic E-state index is 12.8. The number of benzene rings is 1. The molecule has 1 saturated heterocycles. The van der Waals surface area contributed by atoms with Gasteiger partial charge >= 0.3 is 6.09 Å². The molecule has 1 aromatic rings. The summed E-state index contributed by atoms with van der Waals surface area (Å²) in [6.45, 7) is 9.64. The van der Waals surface area contributed by atoms with Gasteiger partial charge in [-0.3, -0.25) is 0 Å². The Morgan fingerprint density at radius 2 is 2.00 bits per heavy atom. The summed E-state index contributed by atoms with van der Waals surface area (Å²) in [7, 11) is 0. The molecule has 4 nitrogen and oxygen atoms in total. The number of carbonyl (C=O) groups is 1. The first-order valence-electron chi connectivity index (χ1n) is 10.3. The number of amides is 1. The van der Waals surface area contributed by atoms with E-state index in [2.05, 4.69) is 42.6 Å². The summed E-state index contributed by atoms with van der Waals surface area (Å²) in [5.41, 5.74) is 2.08. The normalized spacial score (nSPS) is 25.6. The first-order valence-corrected chi connectivity index (χ1v) is 10.3. The molecule has 1 aromatic carbocycles. The highest BCUT2D eigenvalue weighted by molar-refractivity contribution is 5.69. The molecule has 1 heterocycles. The van der Waals surface area contributed by atoms with Gasteiger partial charge in [-0.2, -0.15) is 0 Å². The molecule has 0 spiro atoms. The second kappa shape index (κ2) is 8.47. The van der Waals surface area contributed by atoms with E-state index in [0.717, 1.165) is 25.9 Å². The largest absolute Gasteiger partial charge is 0.444 e. The van der Waals surface area contributed by atoms with Crippen LogP contribution in [0.5, 0.6) is 0 Å². The van der Waals surface area contributed by atoms with Crippen LogP contribution in [0.3, 0.4) is 0 Å². The molecule has 2 fully saturated rings. The molecule has 4 heteroatoms. The monoisotopic (exact) mass is 370 g/mol. The van der Waals surface area contributed by atoms with Crippen molar-refractivity contribution >= 4 is 12.2 Å². The van der Waals surface area contributed by atoms with E-state index in [1.165, 1.54) is 24.0 Å². The number of hydrogen-bond donors (Lipinski definition) is 1. The molecule has 1 aliphatic carbocycles. The van der Waals surface area contributed by atoms with Crippen LogP contribution in [-0.4, -0.2) is 41.8 Å². The van der Waals surface area contributed by atoms with Crippen molar-refractivity contribution in [3.63, 3.8) is 0 Å². The minimum absolute atomic E-state index is 0.139. The van der Waals surface area contributed by atoms with Crippen LogP contribution >= 0.6 is 0 Å². The van der Waals surface area contributed by atoms with Crippen molar-refractivity contribution in [3.05, 3.63) is 41.5 Å². The molecule has 0 aromatic heterocycles. The van der Waals surface area contributed by atoms with Crippen LogP contribution in [0, 0.1) is 5.92 Å². The van der Waals surface area contributed by atoms with E-state index >= 15 is 0 Å². The van der Waals surface area contributed by atoms with Crippen LogP contribution in [0.4, 0.5) is 4.79 Å². The van der Waals surface area contributed by atoms with Crippen molar-refractivity contribution in [1.82, 2.24) is 10.2 Å². The van der Waals surface area contributed by atoms with Crippen LogP contribution < -0.4 is 5.32 Å². The molecule has 1 saturated carbocycles. The fraction of sp³-hybridized carbons (Fsp3) is 0.609. The van der Waals surface area contributed by atoms with Crippen LogP contribution in [0.2, 0.25) is 0 Å². The molecule has 1 amide bonds. The van der Waals surface area contributed by atoms with E-state index in [1.807, 2.05) is 31.7 Å². The number of rotatable bonds is 5. The van der Waals surface area contributed by atoms with Gasteiger partial charge in [-0.15, -0.1) is 0 Å². The fourth-order valence-electron chi connectivity index (χ4n) is 4.49.